The summed E-state index contributed by atoms with van der Waals surface area (Å²) in [4.78, 5) is 2.17. The average Bonchev–Trinajstić information content (AvgIpc) is 2.59. The smallest absolute Gasteiger partial charge is 0.0364 e. The lowest BCUT2D eigenvalue weighted by Gasteiger charge is -2.23. The zero-order valence-electron chi connectivity index (χ0n) is 11.5. The van der Waals surface area contributed by atoms with Crippen LogP contribution >= 0.6 is 0 Å². The molecule has 0 radical (unpaired) electrons. The first-order valence-electron chi connectivity index (χ1n) is 6.43. The van der Waals surface area contributed by atoms with Gasteiger partial charge in [0, 0.05) is 25.2 Å². The summed E-state index contributed by atoms with van der Waals surface area (Å²) in [5.41, 5.74) is 7.04. The maximum Gasteiger partial charge on any atom is 0.0364 e. The van der Waals surface area contributed by atoms with Crippen molar-refractivity contribution in [1.29, 1.82) is 0 Å². The molecule has 0 heterocycles. The fraction of sp³-hybridized carbons (Fsp3) is 0.294. The molecule has 92 valence electrons. The van der Waals surface area contributed by atoms with Crippen LogP contribution in [-0.4, -0.2) is 14.1 Å². The zero-order chi connectivity index (χ0) is 12.9. The molecule has 0 bridgehead atoms. The van der Waals surface area contributed by atoms with Crippen molar-refractivity contribution in [3.05, 3.63) is 53.6 Å². The van der Waals surface area contributed by atoms with Crippen LogP contribution in [0.1, 0.15) is 25.0 Å². The van der Waals surface area contributed by atoms with E-state index in [1.807, 2.05) is 0 Å². The van der Waals surface area contributed by atoms with Crippen LogP contribution in [-0.2, 0) is 5.41 Å². The molecular formula is C17H19N. The van der Waals surface area contributed by atoms with Gasteiger partial charge < -0.3 is 4.90 Å². The third-order valence-electron chi connectivity index (χ3n) is 4.08. The number of benzene rings is 2. The molecule has 3 rings (SSSR count). The summed E-state index contributed by atoms with van der Waals surface area (Å²) in [5, 5.41) is 0. The highest BCUT2D eigenvalue weighted by molar-refractivity contribution is 5.82. The second-order valence-corrected chi connectivity index (χ2v) is 5.79. The summed E-state index contributed by atoms with van der Waals surface area (Å²) in [5.74, 6) is 0. The largest absolute Gasteiger partial charge is 0.378 e. The highest BCUT2D eigenvalue weighted by Gasteiger charge is 2.35. The first-order valence-corrected chi connectivity index (χ1v) is 6.43. The Bertz CT molecular complexity index is 609. The number of nitrogens with zero attached hydrogens (tertiary/aromatic N) is 1. The lowest BCUT2D eigenvalue weighted by molar-refractivity contribution is 0.660. The lowest BCUT2D eigenvalue weighted by atomic mass is 9.82. The highest BCUT2D eigenvalue weighted by Crippen LogP contribution is 2.49. The molecule has 0 aromatic heterocycles. The molecule has 0 amide bonds. The fourth-order valence-electron chi connectivity index (χ4n) is 2.97. The van der Waals surface area contributed by atoms with Crippen LogP contribution in [0, 0.1) is 0 Å². The number of anilines is 1. The Morgan fingerprint density at radius 3 is 2.22 bits per heavy atom. The SMILES string of the molecule is CN(C)c1ccc2c(c1)C(C)(C)c1ccccc1-2. The Kier molecular flexibility index (Phi) is 2.28. The standard InChI is InChI=1S/C17H19N/c1-17(2)15-8-6-5-7-13(15)14-10-9-12(18(3)4)11-16(14)17/h5-11H,1-4H3. The second kappa shape index (κ2) is 3.61. The van der Waals surface area contributed by atoms with Gasteiger partial charge in [0.1, 0.15) is 0 Å². The molecule has 18 heavy (non-hydrogen) atoms. The number of hydrogen-bond acceptors (Lipinski definition) is 1. The van der Waals surface area contributed by atoms with Gasteiger partial charge in [0.2, 0.25) is 0 Å². The molecule has 1 heteroatoms. The van der Waals surface area contributed by atoms with E-state index in [2.05, 4.69) is 75.3 Å². The van der Waals surface area contributed by atoms with Gasteiger partial charge in [-0.1, -0.05) is 44.2 Å². The van der Waals surface area contributed by atoms with Crippen LogP contribution in [0.4, 0.5) is 5.69 Å². The highest BCUT2D eigenvalue weighted by atomic mass is 15.1. The molecule has 0 N–H and O–H groups in total. The van der Waals surface area contributed by atoms with Crippen LogP contribution in [0.5, 0.6) is 0 Å². The number of rotatable bonds is 1. The van der Waals surface area contributed by atoms with Crippen molar-refractivity contribution in [3.8, 4) is 11.1 Å². The molecule has 0 saturated heterocycles. The topological polar surface area (TPSA) is 3.24 Å². The Labute approximate surface area is 109 Å². The molecule has 0 saturated carbocycles. The van der Waals surface area contributed by atoms with Gasteiger partial charge in [-0.2, -0.15) is 0 Å². The molecule has 1 nitrogen and oxygen atoms in total. The maximum absolute atomic E-state index is 2.33. The third-order valence-corrected chi connectivity index (χ3v) is 4.08. The van der Waals surface area contributed by atoms with Crippen LogP contribution in [0.3, 0.4) is 0 Å². The second-order valence-electron chi connectivity index (χ2n) is 5.79. The Morgan fingerprint density at radius 1 is 0.833 bits per heavy atom. The van der Waals surface area contributed by atoms with Crippen molar-refractivity contribution < 1.29 is 0 Å². The predicted octanol–water partition coefficient (Wildman–Crippen LogP) is 4.06. The van der Waals surface area contributed by atoms with Gasteiger partial charge in [0.25, 0.3) is 0 Å². The number of hydrogen-bond donors (Lipinski definition) is 0. The Morgan fingerprint density at radius 2 is 1.50 bits per heavy atom. The first-order chi connectivity index (χ1) is 8.51. The molecule has 0 aliphatic heterocycles. The van der Waals surface area contributed by atoms with Crippen LogP contribution in [0.15, 0.2) is 42.5 Å². The number of fused-ring (bicyclic) bond motifs is 3. The molecular weight excluding hydrogens is 218 g/mol. The average molecular weight is 237 g/mol. The predicted molar refractivity (Wildman–Crippen MR) is 78.3 cm³/mol. The van der Waals surface area contributed by atoms with Crippen molar-refractivity contribution in [1.82, 2.24) is 0 Å². The van der Waals surface area contributed by atoms with Crippen molar-refractivity contribution in [2.24, 2.45) is 0 Å². The normalized spacial score (nSPS) is 15.1. The summed E-state index contributed by atoms with van der Waals surface area (Å²) in [6.45, 7) is 4.63. The first kappa shape index (κ1) is 11.3. The summed E-state index contributed by atoms with van der Waals surface area (Å²) in [6.07, 6.45) is 0. The Hall–Kier alpha value is -1.76. The van der Waals surface area contributed by atoms with Crippen LogP contribution in [0.2, 0.25) is 0 Å². The van der Waals surface area contributed by atoms with Crippen molar-refractivity contribution in [3.63, 3.8) is 0 Å². The molecule has 0 fully saturated rings. The minimum absolute atomic E-state index is 0.109. The van der Waals surface area contributed by atoms with E-state index in [0.29, 0.717) is 0 Å². The minimum Gasteiger partial charge on any atom is -0.378 e. The molecule has 0 atom stereocenters. The van der Waals surface area contributed by atoms with E-state index >= 15 is 0 Å². The van der Waals surface area contributed by atoms with Crippen molar-refractivity contribution in [2.75, 3.05) is 19.0 Å². The zero-order valence-corrected chi connectivity index (χ0v) is 11.5. The van der Waals surface area contributed by atoms with E-state index < -0.39 is 0 Å². The molecule has 2 aromatic rings. The third kappa shape index (κ3) is 1.40. The van der Waals surface area contributed by atoms with E-state index in [0.717, 1.165) is 0 Å². The van der Waals surface area contributed by atoms with Crippen molar-refractivity contribution >= 4 is 5.69 Å². The van der Waals surface area contributed by atoms with Crippen LogP contribution < -0.4 is 4.90 Å². The van der Waals surface area contributed by atoms with Gasteiger partial charge in [-0.05, 0) is 34.4 Å². The Balaban J connectivity index is 2.28. The summed E-state index contributed by atoms with van der Waals surface area (Å²) in [6, 6.07) is 15.6. The molecule has 0 spiro atoms. The van der Waals surface area contributed by atoms with Gasteiger partial charge in [-0.3, -0.25) is 0 Å². The van der Waals surface area contributed by atoms with Crippen LogP contribution in [0.25, 0.3) is 11.1 Å². The summed E-state index contributed by atoms with van der Waals surface area (Å²) >= 11 is 0. The van der Waals surface area contributed by atoms with E-state index in [-0.39, 0.29) is 5.41 Å². The van der Waals surface area contributed by atoms with E-state index in [4.69, 9.17) is 0 Å². The minimum atomic E-state index is 0.109. The van der Waals surface area contributed by atoms with E-state index in [1.165, 1.54) is 27.9 Å². The van der Waals surface area contributed by atoms with E-state index in [9.17, 15) is 0 Å². The van der Waals surface area contributed by atoms with Crippen molar-refractivity contribution in [2.45, 2.75) is 19.3 Å². The molecule has 1 aliphatic carbocycles. The summed E-state index contributed by atoms with van der Waals surface area (Å²) in [7, 11) is 4.19. The monoisotopic (exact) mass is 237 g/mol. The molecule has 2 aromatic carbocycles. The van der Waals surface area contributed by atoms with Gasteiger partial charge in [0.15, 0.2) is 0 Å². The molecule has 1 aliphatic rings. The van der Waals surface area contributed by atoms with E-state index in [1.54, 1.807) is 0 Å². The maximum atomic E-state index is 2.33. The fourth-order valence-corrected chi connectivity index (χ4v) is 2.97. The quantitative estimate of drug-likeness (QED) is 0.723. The van der Waals surface area contributed by atoms with Gasteiger partial charge in [-0.15, -0.1) is 0 Å². The van der Waals surface area contributed by atoms with Gasteiger partial charge >= 0.3 is 0 Å². The molecule has 0 unspecified atom stereocenters. The summed E-state index contributed by atoms with van der Waals surface area (Å²) < 4.78 is 0. The lowest BCUT2D eigenvalue weighted by Crippen LogP contribution is -2.16. The van der Waals surface area contributed by atoms with Gasteiger partial charge in [-0.25, -0.2) is 0 Å². The van der Waals surface area contributed by atoms with Gasteiger partial charge in [0.05, 0.1) is 0 Å².